The molecule has 6 heteroatoms. The van der Waals surface area contributed by atoms with E-state index < -0.39 is 5.82 Å². The molecule has 102 valence electrons. The molecule has 0 unspecified atom stereocenters. The Morgan fingerprint density at radius 2 is 2.11 bits per heavy atom. The maximum absolute atomic E-state index is 13.8. The number of amides is 1. The van der Waals surface area contributed by atoms with Gasteiger partial charge in [-0.05, 0) is 48.8 Å². The second kappa shape index (κ2) is 6.02. The zero-order valence-electron chi connectivity index (χ0n) is 11.0. The molecule has 0 spiro atoms. The van der Waals surface area contributed by atoms with Crippen LogP contribution in [0.25, 0.3) is 0 Å². The zero-order valence-corrected chi connectivity index (χ0v) is 12.6. The first-order valence-corrected chi connectivity index (χ1v) is 6.47. The summed E-state index contributed by atoms with van der Waals surface area (Å²) in [4.78, 5) is 11.6. The van der Waals surface area contributed by atoms with Gasteiger partial charge in [0.25, 0.3) is 0 Å². The molecule has 0 saturated heterocycles. The lowest BCUT2D eigenvalue weighted by Gasteiger charge is -2.20. The molecule has 0 bridgehead atoms. The number of nitrogens with one attached hydrogen (secondary N) is 2. The van der Waals surface area contributed by atoms with E-state index in [2.05, 4.69) is 26.6 Å². The predicted octanol–water partition coefficient (Wildman–Crippen LogP) is 2.79. The molecule has 4 nitrogen and oxygen atoms in total. The van der Waals surface area contributed by atoms with Gasteiger partial charge in [-0.1, -0.05) is 0 Å². The van der Waals surface area contributed by atoms with Gasteiger partial charge in [-0.3, -0.25) is 4.79 Å². The van der Waals surface area contributed by atoms with E-state index in [1.807, 2.05) is 26.8 Å². The number of carbonyl (C=O) groups is 1. The van der Waals surface area contributed by atoms with Crippen molar-refractivity contribution in [1.29, 1.82) is 5.26 Å². The van der Waals surface area contributed by atoms with E-state index >= 15 is 0 Å². The summed E-state index contributed by atoms with van der Waals surface area (Å²) in [7, 11) is 0. The normalized spacial score (nSPS) is 10.7. The minimum Gasteiger partial charge on any atom is -0.374 e. The minimum atomic E-state index is -0.581. The number of benzene rings is 1. The first-order chi connectivity index (χ1) is 8.74. The lowest BCUT2D eigenvalue weighted by atomic mass is 10.1. The Morgan fingerprint density at radius 3 is 2.63 bits per heavy atom. The summed E-state index contributed by atoms with van der Waals surface area (Å²) in [6.07, 6.45) is 0. The number of hydrogen-bond acceptors (Lipinski definition) is 3. The Hall–Kier alpha value is -1.61. The van der Waals surface area contributed by atoms with Gasteiger partial charge in [0.2, 0.25) is 5.91 Å². The van der Waals surface area contributed by atoms with Crippen molar-refractivity contribution in [3.63, 3.8) is 0 Å². The van der Waals surface area contributed by atoms with Crippen molar-refractivity contribution in [1.82, 2.24) is 5.32 Å². The predicted molar refractivity (Wildman–Crippen MR) is 75.2 cm³/mol. The van der Waals surface area contributed by atoms with E-state index in [0.717, 1.165) is 0 Å². The molecule has 0 heterocycles. The second-order valence-corrected chi connectivity index (χ2v) is 5.85. The van der Waals surface area contributed by atoms with E-state index in [1.165, 1.54) is 12.1 Å². The third-order valence-corrected chi connectivity index (χ3v) is 2.93. The van der Waals surface area contributed by atoms with Gasteiger partial charge < -0.3 is 10.6 Å². The zero-order chi connectivity index (χ0) is 14.6. The van der Waals surface area contributed by atoms with Crippen molar-refractivity contribution in [2.75, 3.05) is 11.9 Å². The van der Waals surface area contributed by atoms with Crippen LogP contribution in [0, 0.1) is 17.1 Å². The highest BCUT2D eigenvalue weighted by Crippen LogP contribution is 2.26. The van der Waals surface area contributed by atoms with E-state index in [-0.39, 0.29) is 33.7 Å². The van der Waals surface area contributed by atoms with Crippen LogP contribution in [0.5, 0.6) is 0 Å². The number of nitriles is 1. The Morgan fingerprint density at radius 1 is 1.47 bits per heavy atom. The van der Waals surface area contributed by atoms with Crippen LogP contribution in [0.4, 0.5) is 10.1 Å². The lowest BCUT2D eigenvalue weighted by Crippen LogP contribution is -2.43. The summed E-state index contributed by atoms with van der Waals surface area (Å²) in [5.41, 5.74) is 0.0554. The third-order valence-electron chi connectivity index (χ3n) is 2.16. The topological polar surface area (TPSA) is 64.9 Å². The summed E-state index contributed by atoms with van der Waals surface area (Å²) >= 11 is 3.01. The summed E-state index contributed by atoms with van der Waals surface area (Å²) in [6, 6.07) is 4.78. The lowest BCUT2D eigenvalue weighted by molar-refractivity contribution is -0.120. The summed E-state index contributed by atoms with van der Waals surface area (Å²) < 4.78 is 13.9. The van der Waals surface area contributed by atoms with Gasteiger partial charge in [-0.2, -0.15) is 5.26 Å². The van der Waals surface area contributed by atoms with Gasteiger partial charge in [0, 0.05) is 5.54 Å². The van der Waals surface area contributed by atoms with Crippen molar-refractivity contribution in [2.45, 2.75) is 26.3 Å². The maximum Gasteiger partial charge on any atom is 0.239 e. The van der Waals surface area contributed by atoms with Crippen molar-refractivity contribution >= 4 is 27.5 Å². The number of hydrogen-bond donors (Lipinski definition) is 2. The second-order valence-electron chi connectivity index (χ2n) is 5.05. The molecule has 0 fully saturated rings. The van der Waals surface area contributed by atoms with Crippen LogP contribution in [0.3, 0.4) is 0 Å². The van der Waals surface area contributed by atoms with Crippen molar-refractivity contribution in [2.24, 2.45) is 0 Å². The van der Waals surface area contributed by atoms with E-state index in [0.29, 0.717) is 0 Å². The molecular formula is C13H15BrFN3O. The summed E-state index contributed by atoms with van der Waals surface area (Å²) in [5, 5.41) is 14.2. The fraction of sp³-hybridized carbons (Fsp3) is 0.385. The van der Waals surface area contributed by atoms with Crippen LogP contribution in [0.15, 0.2) is 16.6 Å². The largest absolute Gasteiger partial charge is 0.374 e. The average Bonchev–Trinajstić information content (AvgIpc) is 2.29. The first kappa shape index (κ1) is 15.4. The Labute approximate surface area is 120 Å². The molecule has 1 aromatic rings. The molecule has 0 atom stereocenters. The minimum absolute atomic E-state index is 0.0352. The van der Waals surface area contributed by atoms with Gasteiger partial charge in [0.1, 0.15) is 6.07 Å². The Kier molecular flexibility index (Phi) is 4.90. The smallest absolute Gasteiger partial charge is 0.239 e. The molecule has 0 aliphatic carbocycles. The van der Waals surface area contributed by atoms with Gasteiger partial charge in [0.15, 0.2) is 5.82 Å². The van der Waals surface area contributed by atoms with Crippen LogP contribution in [0.2, 0.25) is 0 Å². The van der Waals surface area contributed by atoms with E-state index in [4.69, 9.17) is 5.26 Å². The van der Waals surface area contributed by atoms with E-state index in [1.54, 1.807) is 0 Å². The van der Waals surface area contributed by atoms with Gasteiger partial charge in [0.05, 0.1) is 22.3 Å². The Balaban J connectivity index is 2.72. The number of carbonyl (C=O) groups excluding carboxylic acids is 1. The fourth-order valence-electron chi connectivity index (χ4n) is 1.41. The molecule has 0 aromatic heterocycles. The van der Waals surface area contributed by atoms with Crippen molar-refractivity contribution in [3.05, 3.63) is 28.0 Å². The molecule has 0 aliphatic rings. The standard InChI is InChI=1S/C13H15BrFN3O/c1-13(2,3)18-10(19)7-17-9-5-4-8(6-16)11(14)12(9)15/h4-5,17H,7H2,1-3H3,(H,18,19). The van der Waals surface area contributed by atoms with Crippen LogP contribution in [-0.4, -0.2) is 18.0 Å². The van der Waals surface area contributed by atoms with Crippen molar-refractivity contribution < 1.29 is 9.18 Å². The molecule has 0 aliphatic heterocycles. The van der Waals surface area contributed by atoms with Crippen LogP contribution < -0.4 is 10.6 Å². The highest BCUT2D eigenvalue weighted by atomic mass is 79.9. The summed E-state index contributed by atoms with van der Waals surface area (Å²) in [5.74, 6) is -0.810. The van der Waals surface area contributed by atoms with Gasteiger partial charge in [-0.15, -0.1) is 0 Å². The highest BCUT2D eigenvalue weighted by Gasteiger charge is 2.15. The van der Waals surface area contributed by atoms with Gasteiger partial charge in [-0.25, -0.2) is 4.39 Å². The molecule has 2 N–H and O–H groups in total. The van der Waals surface area contributed by atoms with Crippen molar-refractivity contribution in [3.8, 4) is 6.07 Å². The summed E-state index contributed by atoms with van der Waals surface area (Å²) in [6.45, 7) is 5.56. The SMILES string of the molecule is CC(C)(C)NC(=O)CNc1ccc(C#N)c(Br)c1F. The van der Waals surface area contributed by atoms with Crippen LogP contribution in [-0.2, 0) is 4.79 Å². The molecular weight excluding hydrogens is 313 g/mol. The maximum atomic E-state index is 13.8. The number of anilines is 1. The van der Waals surface area contributed by atoms with Crippen LogP contribution in [0.1, 0.15) is 26.3 Å². The monoisotopic (exact) mass is 327 g/mol. The molecule has 1 amide bonds. The van der Waals surface area contributed by atoms with E-state index in [9.17, 15) is 9.18 Å². The number of nitrogens with zero attached hydrogens (tertiary/aromatic N) is 1. The Bertz CT molecular complexity index is 532. The fourth-order valence-corrected chi connectivity index (χ4v) is 1.84. The van der Waals surface area contributed by atoms with Crippen LogP contribution >= 0.6 is 15.9 Å². The molecule has 0 saturated carbocycles. The highest BCUT2D eigenvalue weighted by molar-refractivity contribution is 9.10. The van der Waals surface area contributed by atoms with Gasteiger partial charge >= 0.3 is 0 Å². The quantitative estimate of drug-likeness (QED) is 0.897. The molecule has 1 aromatic carbocycles. The molecule has 0 radical (unpaired) electrons. The average molecular weight is 328 g/mol. The number of rotatable bonds is 3. The molecule has 19 heavy (non-hydrogen) atoms. The third kappa shape index (κ3) is 4.52. The first-order valence-electron chi connectivity index (χ1n) is 5.67. The number of halogens is 2. The molecule has 1 rings (SSSR count).